The molecule has 5 heteroatoms. The first-order chi connectivity index (χ1) is 11.9. The molecule has 2 rings (SSSR count). The van der Waals surface area contributed by atoms with E-state index in [9.17, 15) is 4.79 Å². The van der Waals surface area contributed by atoms with Crippen LogP contribution < -0.4 is 4.90 Å². The van der Waals surface area contributed by atoms with E-state index < -0.39 is 5.60 Å². The van der Waals surface area contributed by atoms with Crippen LogP contribution in [0.25, 0.3) is 0 Å². The quantitative estimate of drug-likeness (QED) is 0.702. The summed E-state index contributed by atoms with van der Waals surface area (Å²) in [5, 5.41) is 0. The SMILES string of the molecule is CCCSc1cccc(N2CCN(C(=O)OC(C)(C)C)CC2)c1CC. The molecule has 0 N–H and O–H groups in total. The molecule has 140 valence electrons. The summed E-state index contributed by atoms with van der Waals surface area (Å²) >= 11 is 1.95. The topological polar surface area (TPSA) is 32.8 Å². The highest BCUT2D eigenvalue weighted by atomic mass is 32.2. The summed E-state index contributed by atoms with van der Waals surface area (Å²) in [6.45, 7) is 13.3. The van der Waals surface area contributed by atoms with E-state index in [0.717, 1.165) is 25.3 Å². The number of hydrogen-bond acceptors (Lipinski definition) is 4. The first kappa shape index (κ1) is 20.0. The van der Waals surface area contributed by atoms with Gasteiger partial charge in [-0.05, 0) is 57.1 Å². The number of benzene rings is 1. The smallest absolute Gasteiger partial charge is 0.410 e. The molecule has 4 nitrogen and oxygen atoms in total. The average molecular weight is 365 g/mol. The van der Waals surface area contributed by atoms with Crippen molar-refractivity contribution in [3.63, 3.8) is 0 Å². The number of ether oxygens (including phenoxy) is 1. The van der Waals surface area contributed by atoms with E-state index in [2.05, 4.69) is 36.9 Å². The van der Waals surface area contributed by atoms with Gasteiger partial charge in [0.2, 0.25) is 0 Å². The molecule has 1 aliphatic heterocycles. The Morgan fingerprint density at radius 1 is 1.16 bits per heavy atom. The van der Waals surface area contributed by atoms with Crippen LogP contribution in [-0.2, 0) is 11.2 Å². The minimum absolute atomic E-state index is 0.199. The van der Waals surface area contributed by atoms with Gasteiger partial charge < -0.3 is 14.5 Å². The van der Waals surface area contributed by atoms with Gasteiger partial charge in [-0.15, -0.1) is 11.8 Å². The van der Waals surface area contributed by atoms with Crippen LogP contribution in [0.1, 0.15) is 46.6 Å². The Morgan fingerprint density at radius 3 is 2.40 bits per heavy atom. The number of piperazine rings is 1. The van der Waals surface area contributed by atoms with E-state index in [1.165, 1.54) is 22.6 Å². The highest BCUT2D eigenvalue weighted by molar-refractivity contribution is 7.99. The van der Waals surface area contributed by atoms with Gasteiger partial charge >= 0.3 is 6.09 Å². The van der Waals surface area contributed by atoms with Gasteiger partial charge in [-0.2, -0.15) is 0 Å². The molecule has 0 aromatic heterocycles. The van der Waals surface area contributed by atoms with Crippen molar-refractivity contribution < 1.29 is 9.53 Å². The van der Waals surface area contributed by atoms with Crippen LogP contribution in [0.2, 0.25) is 0 Å². The van der Waals surface area contributed by atoms with Crippen LogP contribution in [-0.4, -0.2) is 48.5 Å². The minimum atomic E-state index is -0.436. The molecule has 25 heavy (non-hydrogen) atoms. The largest absolute Gasteiger partial charge is 0.444 e. The molecule has 1 aliphatic rings. The molecule has 0 aliphatic carbocycles. The Balaban J connectivity index is 2.04. The Labute approximate surface area is 156 Å². The predicted octanol–water partition coefficient (Wildman–Crippen LogP) is 4.81. The van der Waals surface area contributed by atoms with Crippen LogP contribution >= 0.6 is 11.8 Å². The van der Waals surface area contributed by atoms with Crippen LogP contribution in [0.3, 0.4) is 0 Å². The second kappa shape index (κ2) is 8.84. The third-order valence-corrected chi connectivity index (χ3v) is 5.50. The molecule has 0 bridgehead atoms. The molecule has 0 unspecified atom stereocenters. The zero-order chi connectivity index (χ0) is 18.4. The van der Waals surface area contributed by atoms with Gasteiger partial charge in [0.25, 0.3) is 0 Å². The molecule has 1 aromatic carbocycles. The summed E-state index contributed by atoms with van der Waals surface area (Å²) in [6, 6.07) is 6.62. The maximum Gasteiger partial charge on any atom is 0.410 e. The molecule has 0 saturated carbocycles. The molecule has 0 spiro atoms. The van der Waals surface area contributed by atoms with Crippen molar-refractivity contribution in [2.75, 3.05) is 36.8 Å². The van der Waals surface area contributed by atoms with Crippen LogP contribution in [0, 0.1) is 0 Å². The Bertz CT molecular complexity index is 576. The third kappa shape index (κ3) is 5.56. The zero-order valence-corrected chi connectivity index (χ0v) is 17.1. The summed E-state index contributed by atoms with van der Waals surface area (Å²) in [7, 11) is 0. The molecule has 1 saturated heterocycles. The first-order valence-corrected chi connectivity index (χ1v) is 10.3. The summed E-state index contributed by atoms with van der Waals surface area (Å²) in [5.74, 6) is 1.16. The lowest BCUT2D eigenvalue weighted by Gasteiger charge is -2.37. The normalized spacial score (nSPS) is 15.4. The highest BCUT2D eigenvalue weighted by Crippen LogP contribution is 2.32. The molecule has 1 heterocycles. The Hall–Kier alpha value is -1.36. The van der Waals surface area contributed by atoms with Crippen molar-refractivity contribution in [2.24, 2.45) is 0 Å². The monoisotopic (exact) mass is 364 g/mol. The second-order valence-corrected chi connectivity index (χ2v) is 8.55. The molecule has 1 aromatic rings. The fraction of sp³-hybridized carbons (Fsp3) is 0.650. The number of carbonyl (C=O) groups is 1. The van der Waals surface area contributed by atoms with Crippen molar-refractivity contribution in [3.05, 3.63) is 23.8 Å². The highest BCUT2D eigenvalue weighted by Gasteiger charge is 2.26. The Morgan fingerprint density at radius 2 is 1.84 bits per heavy atom. The lowest BCUT2D eigenvalue weighted by molar-refractivity contribution is 0.0240. The first-order valence-electron chi connectivity index (χ1n) is 9.33. The van der Waals surface area contributed by atoms with Gasteiger partial charge in [0.1, 0.15) is 5.60 Å². The van der Waals surface area contributed by atoms with E-state index >= 15 is 0 Å². The van der Waals surface area contributed by atoms with E-state index in [1.807, 2.05) is 37.4 Å². The van der Waals surface area contributed by atoms with Crippen molar-refractivity contribution >= 4 is 23.5 Å². The minimum Gasteiger partial charge on any atom is -0.444 e. The summed E-state index contributed by atoms with van der Waals surface area (Å²) < 4.78 is 5.49. The predicted molar refractivity (Wildman–Crippen MR) is 107 cm³/mol. The van der Waals surface area contributed by atoms with E-state index in [1.54, 1.807) is 0 Å². The zero-order valence-electron chi connectivity index (χ0n) is 16.3. The van der Waals surface area contributed by atoms with Crippen molar-refractivity contribution in [1.82, 2.24) is 4.90 Å². The molecule has 1 amide bonds. The van der Waals surface area contributed by atoms with Gasteiger partial charge in [0, 0.05) is 36.8 Å². The number of carbonyl (C=O) groups excluding carboxylic acids is 1. The summed E-state index contributed by atoms with van der Waals surface area (Å²) in [5.41, 5.74) is 2.33. The van der Waals surface area contributed by atoms with E-state index in [0.29, 0.717) is 13.1 Å². The maximum absolute atomic E-state index is 12.2. The third-order valence-electron chi connectivity index (χ3n) is 4.20. The lowest BCUT2D eigenvalue weighted by Crippen LogP contribution is -2.50. The summed E-state index contributed by atoms with van der Waals surface area (Å²) in [6.07, 6.45) is 2.02. The van der Waals surface area contributed by atoms with Crippen molar-refractivity contribution in [2.45, 2.75) is 58.0 Å². The van der Waals surface area contributed by atoms with Gasteiger partial charge in [0.05, 0.1) is 0 Å². The van der Waals surface area contributed by atoms with Crippen molar-refractivity contribution in [1.29, 1.82) is 0 Å². The molecule has 1 fully saturated rings. The van der Waals surface area contributed by atoms with Gasteiger partial charge in [-0.3, -0.25) is 0 Å². The van der Waals surface area contributed by atoms with Crippen molar-refractivity contribution in [3.8, 4) is 0 Å². The molecular weight excluding hydrogens is 332 g/mol. The number of thioether (sulfide) groups is 1. The van der Waals surface area contributed by atoms with Gasteiger partial charge in [-0.1, -0.05) is 19.9 Å². The van der Waals surface area contributed by atoms with Gasteiger partial charge in [-0.25, -0.2) is 4.79 Å². The van der Waals surface area contributed by atoms with E-state index in [4.69, 9.17) is 4.74 Å². The van der Waals surface area contributed by atoms with E-state index in [-0.39, 0.29) is 6.09 Å². The van der Waals surface area contributed by atoms with Crippen LogP contribution in [0.15, 0.2) is 23.1 Å². The Kier molecular flexibility index (Phi) is 7.05. The maximum atomic E-state index is 12.2. The fourth-order valence-electron chi connectivity index (χ4n) is 3.01. The average Bonchev–Trinajstić information content (AvgIpc) is 2.58. The number of anilines is 1. The second-order valence-electron chi connectivity index (χ2n) is 7.41. The number of nitrogens with zero attached hydrogens (tertiary/aromatic N) is 2. The standard InChI is InChI=1S/C20H32N2O2S/c1-6-15-25-18-10-8-9-17(16(18)7-2)21-11-13-22(14-12-21)19(23)24-20(3,4)5/h8-10H,6-7,11-15H2,1-5H3. The molecular formula is C20H32N2O2S. The number of amides is 1. The molecule has 0 atom stereocenters. The molecule has 0 radical (unpaired) electrons. The van der Waals surface area contributed by atoms with Gasteiger partial charge in [0.15, 0.2) is 0 Å². The lowest BCUT2D eigenvalue weighted by atomic mass is 10.1. The fourth-order valence-corrected chi connectivity index (χ4v) is 4.03. The summed E-state index contributed by atoms with van der Waals surface area (Å²) in [4.78, 5) is 17.9. The number of rotatable bonds is 5. The number of hydrogen-bond donors (Lipinski definition) is 0. The van der Waals surface area contributed by atoms with Crippen LogP contribution in [0.4, 0.5) is 10.5 Å². The van der Waals surface area contributed by atoms with Crippen LogP contribution in [0.5, 0.6) is 0 Å².